The largest absolute Gasteiger partial charge is 0.378 e. The molecule has 1 saturated heterocycles. The van der Waals surface area contributed by atoms with Gasteiger partial charge in [-0.05, 0) is 62.3 Å². The molecule has 2 fully saturated rings. The normalized spacial score (nSPS) is 23.3. The van der Waals surface area contributed by atoms with Crippen molar-refractivity contribution >= 4 is 28.3 Å². The van der Waals surface area contributed by atoms with Gasteiger partial charge >= 0.3 is 0 Å². The Bertz CT molecular complexity index is 1110. The lowest BCUT2D eigenvalue weighted by molar-refractivity contribution is -0.120. The molecule has 36 heavy (non-hydrogen) atoms. The first-order valence-corrected chi connectivity index (χ1v) is 13.3. The number of pyridine rings is 1. The molecule has 3 N–H and O–H groups in total. The highest BCUT2D eigenvalue weighted by Crippen LogP contribution is 2.40. The van der Waals surface area contributed by atoms with E-state index in [2.05, 4.69) is 31.2 Å². The Morgan fingerprint density at radius 2 is 2.11 bits per heavy atom. The Balaban J connectivity index is 1.10. The summed E-state index contributed by atoms with van der Waals surface area (Å²) in [6.45, 7) is 1.50. The van der Waals surface area contributed by atoms with E-state index in [-0.39, 0.29) is 24.3 Å². The van der Waals surface area contributed by atoms with Crippen molar-refractivity contribution in [3.05, 3.63) is 59.3 Å². The van der Waals surface area contributed by atoms with E-state index in [1.54, 1.807) is 6.20 Å². The maximum atomic E-state index is 12.6. The van der Waals surface area contributed by atoms with Gasteiger partial charge in [0.2, 0.25) is 16.9 Å². The second-order valence-electron chi connectivity index (χ2n) is 9.41. The van der Waals surface area contributed by atoms with E-state index in [0.29, 0.717) is 23.4 Å². The third-order valence-corrected chi connectivity index (χ3v) is 7.66. The van der Waals surface area contributed by atoms with Crippen LogP contribution >= 0.6 is 11.3 Å². The molecule has 0 aromatic carbocycles. The number of anilines is 1. The van der Waals surface area contributed by atoms with Crippen molar-refractivity contribution < 1.29 is 14.3 Å². The molecule has 2 aromatic rings. The van der Waals surface area contributed by atoms with Crippen molar-refractivity contribution in [1.29, 1.82) is 0 Å². The fourth-order valence-corrected chi connectivity index (χ4v) is 5.81. The number of hydrazine groups is 1. The number of ether oxygens (including phenoxy) is 1. The van der Waals surface area contributed by atoms with Crippen LogP contribution in [0.2, 0.25) is 0 Å². The van der Waals surface area contributed by atoms with E-state index < -0.39 is 0 Å². The van der Waals surface area contributed by atoms with Crippen LogP contribution in [0.5, 0.6) is 0 Å². The quantitative estimate of drug-likeness (QED) is 0.472. The number of allylic oxidation sites excluding steroid dienone is 2. The molecule has 10 nitrogen and oxygen atoms in total. The van der Waals surface area contributed by atoms with Gasteiger partial charge in [0, 0.05) is 37.2 Å². The summed E-state index contributed by atoms with van der Waals surface area (Å²) in [5.41, 5.74) is 3.98. The summed E-state index contributed by atoms with van der Waals surface area (Å²) < 4.78 is 5.54. The summed E-state index contributed by atoms with van der Waals surface area (Å²) in [5, 5.41) is 18.0. The summed E-state index contributed by atoms with van der Waals surface area (Å²) in [7, 11) is 0. The molecular weight excluding hydrogens is 478 g/mol. The van der Waals surface area contributed by atoms with Gasteiger partial charge < -0.3 is 20.8 Å². The first-order chi connectivity index (χ1) is 17.6. The van der Waals surface area contributed by atoms with Gasteiger partial charge in [-0.3, -0.25) is 19.6 Å². The first-order valence-electron chi connectivity index (χ1n) is 12.5. The number of carbonyl (C=O) groups excluding carboxylic acids is 2. The van der Waals surface area contributed by atoms with Crippen LogP contribution in [0.25, 0.3) is 0 Å². The van der Waals surface area contributed by atoms with Gasteiger partial charge in [0.25, 0.3) is 0 Å². The lowest BCUT2D eigenvalue weighted by Crippen LogP contribution is -2.45. The smallest absolute Gasteiger partial charge is 0.231 e. The molecule has 2 aliphatic heterocycles. The van der Waals surface area contributed by atoms with Crippen LogP contribution in [-0.4, -0.2) is 51.3 Å². The topological polar surface area (TPSA) is 121 Å². The zero-order valence-electron chi connectivity index (χ0n) is 20.1. The van der Waals surface area contributed by atoms with E-state index in [1.165, 1.54) is 11.3 Å². The van der Waals surface area contributed by atoms with Crippen molar-refractivity contribution in [2.75, 3.05) is 18.5 Å². The molecule has 1 aliphatic carbocycles. The molecule has 5 rings (SSSR count). The van der Waals surface area contributed by atoms with Gasteiger partial charge in [-0.2, -0.15) is 0 Å². The zero-order valence-corrected chi connectivity index (χ0v) is 20.9. The number of nitrogens with one attached hydrogen (secondary N) is 3. The number of hydrogen-bond donors (Lipinski definition) is 3. The van der Waals surface area contributed by atoms with Gasteiger partial charge in [-0.15, -0.1) is 10.2 Å². The fraction of sp³-hybridized carbons (Fsp3) is 0.480. The molecule has 3 aliphatic rings. The van der Waals surface area contributed by atoms with Gasteiger partial charge in [-0.1, -0.05) is 17.4 Å². The standard InChI is InChI=1S/C25H31N7O3S/c33-22(14-19-5-1-2-10-26-19)28-21-7-3-11-27-32(21)16-17-8-9-18(13-17)24-30-31-25(36-24)29-23(34)15-20-6-4-12-35-20/h1-3,5,7,10-11,17-18,20,27H,4,6,8-9,12-16H2,(H,28,33)(H,29,31,34)/t17-,18+,20?/m0/s1. The van der Waals surface area contributed by atoms with Crippen molar-refractivity contribution in [2.24, 2.45) is 5.92 Å². The Morgan fingerprint density at radius 1 is 1.17 bits per heavy atom. The van der Waals surface area contributed by atoms with Crippen LogP contribution in [0, 0.1) is 5.92 Å². The van der Waals surface area contributed by atoms with Crippen LogP contribution in [0.1, 0.15) is 55.1 Å². The van der Waals surface area contributed by atoms with Crippen molar-refractivity contribution in [1.82, 2.24) is 30.9 Å². The number of amides is 2. The van der Waals surface area contributed by atoms with E-state index in [9.17, 15) is 9.59 Å². The minimum absolute atomic E-state index is 0.0185. The second-order valence-corrected chi connectivity index (χ2v) is 10.4. The molecule has 2 amide bonds. The highest BCUT2D eigenvalue weighted by Gasteiger charge is 2.31. The third-order valence-electron chi connectivity index (χ3n) is 6.66. The molecule has 3 atom stereocenters. The summed E-state index contributed by atoms with van der Waals surface area (Å²) in [4.78, 5) is 29.1. The van der Waals surface area contributed by atoms with Crippen molar-refractivity contribution in [3.8, 4) is 0 Å². The zero-order chi connectivity index (χ0) is 24.7. The Morgan fingerprint density at radius 3 is 2.94 bits per heavy atom. The van der Waals surface area contributed by atoms with Crippen LogP contribution < -0.4 is 16.1 Å². The van der Waals surface area contributed by atoms with Gasteiger partial charge in [0.05, 0.1) is 18.9 Å². The maximum absolute atomic E-state index is 12.6. The van der Waals surface area contributed by atoms with Gasteiger partial charge in [0.15, 0.2) is 0 Å². The maximum Gasteiger partial charge on any atom is 0.231 e. The average molecular weight is 510 g/mol. The fourth-order valence-electron chi connectivity index (χ4n) is 4.90. The number of hydrogen-bond acceptors (Lipinski definition) is 9. The monoisotopic (exact) mass is 509 g/mol. The van der Waals surface area contributed by atoms with Crippen LogP contribution in [0.15, 0.2) is 48.6 Å². The molecule has 1 saturated carbocycles. The van der Waals surface area contributed by atoms with E-state index in [1.807, 2.05) is 41.6 Å². The van der Waals surface area contributed by atoms with Crippen LogP contribution in [-0.2, 0) is 20.7 Å². The molecule has 4 heterocycles. The Labute approximate surface area is 214 Å². The third kappa shape index (κ3) is 6.46. The van der Waals surface area contributed by atoms with Gasteiger partial charge in [0.1, 0.15) is 10.8 Å². The summed E-state index contributed by atoms with van der Waals surface area (Å²) in [5.74, 6) is 1.32. The number of aromatic nitrogens is 3. The summed E-state index contributed by atoms with van der Waals surface area (Å²) in [6, 6.07) is 5.56. The molecule has 0 radical (unpaired) electrons. The van der Waals surface area contributed by atoms with Crippen LogP contribution in [0.4, 0.5) is 5.13 Å². The highest BCUT2D eigenvalue weighted by atomic mass is 32.1. The minimum Gasteiger partial charge on any atom is -0.378 e. The Hall–Kier alpha value is -3.31. The Kier molecular flexibility index (Phi) is 7.87. The van der Waals surface area contributed by atoms with E-state index in [4.69, 9.17) is 4.74 Å². The lowest BCUT2D eigenvalue weighted by atomic mass is 10.1. The summed E-state index contributed by atoms with van der Waals surface area (Å²) in [6.07, 6.45) is 13.0. The number of nitrogens with zero attached hydrogens (tertiary/aromatic N) is 4. The predicted octanol–water partition coefficient (Wildman–Crippen LogP) is 2.86. The van der Waals surface area contributed by atoms with E-state index in [0.717, 1.165) is 61.8 Å². The molecular formula is C25H31N7O3S. The SMILES string of the molecule is O=C(Cc1ccccn1)NC1=CC=CNN1C[C@H]1CC[C@@H](c2nnc(NC(=O)CC3CCCO3)s2)C1. The van der Waals surface area contributed by atoms with Crippen molar-refractivity contribution in [3.63, 3.8) is 0 Å². The second kappa shape index (κ2) is 11.6. The van der Waals surface area contributed by atoms with E-state index >= 15 is 0 Å². The first kappa shape index (κ1) is 24.4. The van der Waals surface area contributed by atoms with Gasteiger partial charge in [-0.25, -0.2) is 0 Å². The molecule has 190 valence electrons. The van der Waals surface area contributed by atoms with Crippen molar-refractivity contribution in [2.45, 2.75) is 57.0 Å². The highest BCUT2D eigenvalue weighted by molar-refractivity contribution is 7.15. The van der Waals surface area contributed by atoms with Crippen LogP contribution in [0.3, 0.4) is 0 Å². The molecule has 0 bridgehead atoms. The lowest BCUT2D eigenvalue weighted by Gasteiger charge is -2.31. The minimum atomic E-state index is -0.103. The summed E-state index contributed by atoms with van der Waals surface area (Å²) >= 11 is 1.46. The predicted molar refractivity (Wildman–Crippen MR) is 135 cm³/mol. The average Bonchev–Trinajstić information content (AvgIpc) is 3.64. The number of rotatable bonds is 9. The molecule has 1 unspecified atom stereocenters. The number of carbonyl (C=O) groups is 2. The molecule has 0 spiro atoms. The molecule has 2 aromatic heterocycles. The molecule has 11 heteroatoms.